The average molecular weight is 398 g/mol. The van der Waals surface area contributed by atoms with Crippen LogP contribution in [0.3, 0.4) is 0 Å². The Morgan fingerprint density at radius 3 is 2.07 bits per heavy atom. The van der Waals surface area contributed by atoms with Crippen LogP contribution < -0.4 is 0 Å². The Labute approximate surface area is 176 Å². The van der Waals surface area contributed by atoms with Gasteiger partial charge in [0.25, 0.3) is 0 Å². The second kappa shape index (κ2) is 11.6. The summed E-state index contributed by atoms with van der Waals surface area (Å²) in [5.74, 6) is 1.96. The number of halogens is 1. The van der Waals surface area contributed by atoms with Crippen molar-refractivity contribution in [1.29, 1.82) is 0 Å². The highest BCUT2D eigenvalue weighted by molar-refractivity contribution is 6.29. The first-order chi connectivity index (χ1) is 13.7. The summed E-state index contributed by atoms with van der Waals surface area (Å²) >= 11 is 5.88. The highest BCUT2D eigenvalue weighted by Crippen LogP contribution is 2.34. The molecule has 0 saturated heterocycles. The highest BCUT2D eigenvalue weighted by atomic mass is 35.5. The van der Waals surface area contributed by atoms with Gasteiger partial charge in [0, 0.05) is 11.8 Å². The maximum absolute atomic E-state index is 5.88. The molecule has 0 amide bonds. The Hall–Kier alpha value is -1.34. The number of pyridine rings is 1. The van der Waals surface area contributed by atoms with Crippen LogP contribution in [0.1, 0.15) is 83.1 Å². The lowest BCUT2D eigenvalue weighted by atomic mass is 9.77. The van der Waals surface area contributed by atoms with Gasteiger partial charge in [-0.3, -0.25) is 0 Å². The summed E-state index contributed by atoms with van der Waals surface area (Å²) in [5, 5.41) is 0.548. The van der Waals surface area contributed by atoms with E-state index in [1.807, 2.05) is 18.3 Å². The standard InChI is InChI=1S/C26H36ClN/c1-2-3-4-5-6-7-21-8-10-22(11-9-21)12-13-23-14-16-24(17-15-23)25-18-19-26(27)28-20-25/h14-22H,2-13H2,1H3/t21-,22-. The largest absolute Gasteiger partial charge is 0.244 e. The molecule has 1 saturated carbocycles. The number of hydrogen-bond acceptors (Lipinski definition) is 1. The smallest absolute Gasteiger partial charge is 0.129 e. The fourth-order valence-electron chi connectivity index (χ4n) is 4.63. The molecule has 0 aliphatic heterocycles. The van der Waals surface area contributed by atoms with Crippen LogP contribution in [0.2, 0.25) is 5.15 Å². The van der Waals surface area contributed by atoms with Crippen LogP contribution in [0.25, 0.3) is 11.1 Å². The van der Waals surface area contributed by atoms with Crippen molar-refractivity contribution >= 4 is 11.6 Å². The molecule has 1 aromatic heterocycles. The number of nitrogens with zero attached hydrogens (tertiary/aromatic N) is 1. The molecule has 0 bridgehead atoms. The minimum atomic E-state index is 0.548. The summed E-state index contributed by atoms with van der Waals surface area (Å²) in [5.41, 5.74) is 3.81. The summed E-state index contributed by atoms with van der Waals surface area (Å²) in [6.07, 6.45) is 18.9. The van der Waals surface area contributed by atoms with Gasteiger partial charge in [0.15, 0.2) is 0 Å². The van der Waals surface area contributed by atoms with E-state index in [1.165, 1.54) is 88.2 Å². The molecule has 0 unspecified atom stereocenters. The molecule has 0 atom stereocenters. The second-order valence-electron chi connectivity index (χ2n) is 8.69. The molecule has 1 heterocycles. The Kier molecular flexibility index (Phi) is 8.86. The van der Waals surface area contributed by atoms with Crippen LogP contribution in [-0.4, -0.2) is 4.98 Å². The molecule has 3 rings (SSSR count). The molecule has 0 N–H and O–H groups in total. The predicted molar refractivity (Wildman–Crippen MR) is 122 cm³/mol. The summed E-state index contributed by atoms with van der Waals surface area (Å²) < 4.78 is 0. The van der Waals surface area contributed by atoms with E-state index in [-0.39, 0.29) is 0 Å². The molecule has 1 aromatic carbocycles. The first kappa shape index (κ1) is 21.4. The molecule has 28 heavy (non-hydrogen) atoms. The number of benzene rings is 1. The van der Waals surface area contributed by atoms with E-state index >= 15 is 0 Å². The van der Waals surface area contributed by atoms with Crippen molar-refractivity contribution in [3.05, 3.63) is 53.3 Å². The van der Waals surface area contributed by atoms with E-state index in [1.54, 1.807) is 0 Å². The van der Waals surface area contributed by atoms with Gasteiger partial charge in [-0.2, -0.15) is 0 Å². The van der Waals surface area contributed by atoms with E-state index in [0.29, 0.717) is 5.15 Å². The zero-order valence-electron chi connectivity index (χ0n) is 17.5. The number of unbranched alkanes of at least 4 members (excludes halogenated alkanes) is 4. The maximum Gasteiger partial charge on any atom is 0.129 e. The molecule has 1 nitrogen and oxygen atoms in total. The van der Waals surface area contributed by atoms with E-state index < -0.39 is 0 Å². The van der Waals surface area contributed by atoms with Gasteiger partial charge in [0.1, 0.15) is 5.15 Å². The van der Waals surface area contributed by atoms with Crippen LogP contribution in [0, 0.1) is 11.8 Å². The molecular formula is C26H36ClN. The lowest BCUT2D eigenvalue weighted by Crippen LogP contribution is -2.15. The topological polar surface area (TPSA) is 12.9 Å². The molecule has 2 aromatic rings. The monoisotopic (exact) mass is 397 g/mol. The molecule has 0 spiro atoms. The Morgan fingerprint density at radius 2 is 1.43 bits per heavy atom. The van der Waals surface area contributed by atoms with E-state index in [9.17, 15) is 0 Å². The van der Waals surface area contributed by atoms with Gasteiger partial charge in [-0.15, -0.1) is 0 Å². The summed E-state index contributed by atoms with van der Waals surface area (Å²) in [6.45, 7) is 2.30. The molecule has 152 valence electrons. The van der Waals surface area contributed by atoms with Crippen molar-refractivity contribution in [2.45, 2.75) is 84.0 Å². The van der Waals surface area contributed by atoms with Gasteiger partial charge in [-0.1, -0.05) is 107 Å². The molecule has 0 radical (unpaired) electrons. The molecular weight excluding hydrogens is 362 g/mol. The van der Waals surface area contributed by atoms with Crippen LogP contribution in [0.5, 0.6) is 0 Å². The Morgan fingerprint density at radius 1 is 0.786 bits per heavy atom. The van der Waals surface area contributed by atoms with Gasteiger partial charge in [-0.05, 0) is 47.9 Å². The normalized spacial score (nSPS) is 19.6. The van der Waals surface area contributed by atoms with Crippen molar-refractivity contribution in [3.63, 3.8) is 0 Å². The van der Waals surface area contributed by atoms with Crippen molar-refractivity contribution in [2.24, 2.45) is 11.8 Å². The summed E-state index contributed by atoms with van der Waals surface area (Å²) in [4.78, 5) is 4.18. The predicted octanol–water partition coefficient (Wildman–Crippen LogP) is 8.50. The van der Waals surface area contributed by atoms with Crippen LogP contribution in [0.4, 0.5) is 0 Å². The number of aryl methyl sites for hydroxylation is 1. The third-order valence-electron chi connectivity index (χ3n) is 6.54. The lowest BCUT2D eigenvalue weighted by Gasteiger charge is -2.28. The zero-order chi connectivity index (χ0) is 19.6. The molecule has 1 aliphatic rings. The van der Waals surface area contributed by atoms with Crippen molar-refractivity contribution in [3.8, 4) is 11.1 Å². The third kappa shape index (κ3) is 6.92. The fraction of sp³-hybridized carbons (Fsp3) is 0.577. The minimum Gasteiger partial charge on any atom is -0.244 e. The van der Waals surface area contributed by atoms with Gasteiger partial charge in [0.2, 0.25) is 0 Å². The first-order valence-electron chi connectivity index (χ1n) is 11.5. The van der Waals surface area contributed by atoms with Gasteiger partial charge >= 0.3 is 0 Å². The fourth-order valence-corrected chi connectivity index (χ4v) is 4.74. The Bertz CT molecular complexity index is 669. The second-order valence-corrected chi connectivity index (χ2v) is 9.08. The maximum atomic E-state index is 5.88. The van der Waals surface area contributed by atoms with Crippen LogP contribution in [0.15, 0.2) is 42.6 Å². The van der Waals surface area contributed by atoms with E-state index in [0.717, 1.165) is 17.4 Å². The molecule has 1 fully saturated rings. The summed E-state index contributed by atoms with van der Waals surface area (Å²) in [7, 11) is 0. The third-order valence-corrected chi connectivity index (χ3v) is 6.76. The SMILES string of the molecule is CCCCCCC[C@H]1CC[C@H](CCc2ccc(-c3ccc(Cl)nc3)cc2)CC1. The average Bonchev–Trinajstić information content (AvgIpc) is 2.74. The zero-order valence-corrected chi connectivity index (χ0v) is 18.3. The van der Waals surface area contributed by atoms with Crippen molar-refractivity contribution in [1.82, 2.24) is 4.98 Å². The number of aromatic nitrogens is 1. The van der Waals surface area contributed by atoms with Crippen molar-refractivity contribution in [2.75, 3.05) is 0 Å². The lowest BCUT2D eigenvalue weighted by molar-refractivity contribution is 0.249. The van der Waals surface area contributed by atoms with E-state index in [2.05, 4.69) is 36.2 Å². The van der Waals surface area contributed by atoms with Crippen LogP contribution in [-0.2, 0) is 6.42 Å². The number of hydrogen-bond donors (Lipinski definition) is 0. The molecule has 2 heteroatoms. The Balaban J connectivity index is 1.35. The minimum absolute atomic E-state index is 0.548. The van der Waals surface area contributed by atoms with Gasteiger partial charge < -0.3 is 0 Å². The van der Waals surface area contributed by atoms with Crippen molar-refractivity contribution < 1.29 is 0 Å². The molecule has 1 aliphatic carbocycles. The highest BCUT2D eigenvalue weighted by Gasteiger charge is 2.20. The quantitative estimate of drug-likeness (QED) is 0.289. The van der Waals surface area contributed by atoms with Crippen LogP contribution >= 0.6 is 11.6 Å². The van der Waals surface area contributed by atoms with Gasteiger partial charge in [-0.25, -0.2) is 4.98 Å². The number of rotatable bonds is 10. The van der Waals surface area contributed by atoms with E-state index in [4.69, 9.17) is 11.6 Å². The van der Waals surface area contributed by atoms with Gasteiger partial charge in [0.05, 0.1) is 0 Å². The summed E-state index contributed by atoms with van der Waals surface area (Å²) in [6, 6.07) is 12.9. The first-order valence-corrected chi connectivity index (χ1v) is 11.8.